The van der Waals surface area contributed by atoms with Crippen LogP contribution in [-0.2, 0) is 66.8 Å². The molecular weight excluding hydrogens is 686 g/mol. The molecule has 0 atom stereocenters. The number of carbonyl (C=O) groups is 5. The van der Waals surface area contributed by atoms with Crippen molar-refractivity contribution in [2.45, 2.75) is 96.7 Å². The van der Waals surface area contributed by atoms with Crippen molar-refractivity contribution in [3.05, 3.63) is 0 Å². The summed E-state index contributed by atoms with van der Waals surface area (Å²) in [6.45, 7) is 15.4. The van der Waals surface area contributed by atoms with E-state index in [0.717, 1.165) is 118 Å². The number of carbonyl (C=O) groups excluding carboxylic acids is 4. The normalized spacial score (nSPS) is 21.7. The monoisotopic (exact) mass is 741 g/mol. The summed E-state index contributed by atoms with van der Waals surface area (Å²) < 4.78 is 36.4. The summed E-state index contributed by atoms with van der Waals surface area (Å²) in [6, 6.07) is 0.724. The minimum Gasteiger partial charge on any atom is -0.793 e. The van der Waals surface area contributed by atoms with Crippen LogP contribution in [0, 0.1) is 0 Å². The quantitative estimate of drug-likeness (QED) is 0.174. The van der Waals surface area contributed by atoms with Crippen molar-refractivity contribution >= 4 is 37.7 Å². The van der Waals surface area contributed by atoms with Gasteiger partial charge in [0.25, 0.3) is 5.97 Å². The maximum absolute atomic E-state index is 10.9. The molecule has 287 valence electrons. The fourth-order valence-electron chi connectivity index (χ4n) is 5.46. The molecule has 0 bridgehead atoms. The molecule has 3 radical (unpaired) electrons. The standard InChI is InChI=1S/C12H21NO3.C8H12O3.C4H9NO.C4H6O4.C2H3BO2.C2H4O2.Na/c1-3-12(15-9-10-16-12)4-2-11(1)13-5-7-14-8-6-13;9-7-1-3-8(4-2-7)10-5-6-11-8;1-3-6-4-2-5-1;1-3(5)7-8-4(2)6;1-2(4)5-3;1-2(3)4;/h11H,1-10H2;1-6H2;5H,1-4H2;1-2H3;1H3;1H3,(H,3,4);/q;;;;-1;;+1. The molecule has 6 fully saturated rings. The summed E-state index contributed by atoms with van der Waals surface area (Å²) >= 11 is 0. The third-order valence-corrected chi connectivity index (χ3v) is 7.76. The van der Waals surface area contributed by atoms with Crippen LogP contribution in [0.15, 0.2) is 0 Å². The van der Waals surface area contributed by atoms with Crippen molar-refractivity contribution in [2.75, 3.05) is 79.0 Å². The number of carboxylic acids is 1. The van der Waals surface area contributed by atoms with Crippen molar-refractivity contribution < 1.29 is 101 Å². The Kier molecular flexibility index (Phi) is 27.8. The number of aliphatic carboxylic acids is 1. The number of hydrogen-bond donors (Lipinski definition) is 2. The first kappa shape index (κ1) is 49.3. The Balaban J connectivity index is 0.000000631. The van der Waals surface area contributed by atoms with Crippen molar-refractivity contribution in [3.8, 4) is 0 Å². The van der Waals surface area contributed by atoms with Crippen molar-refractivity contribution in [2.24, 2.45) is 0 Å². The summed E-state index contributed by atoms with van der Waals surface area (Å²) in [5.74, 6) is -2.81. The Morgan fingerprint density at radius 3 is 1.39 bits per heavy atom. The van der Waals surface area contributed by atoms with Crippen LogP contribution in [0.25, 0.3) is 0 Å². The predicted octanol–water partition coefficient (Wildman–Crippen LogP) is -1.76. The van der Waals surface area contributed by atoms with Gasteiger partial charge >= 0.3 is 41.5 Å². The van der Waals surface area contributed by atoms with Gasteiger partial charge in [-0.15, -0.1) is 0 Å². The second kappa shape index (κ2) is 28.8. The molecule has 6 aliphatic rings. The molecule has 0 aromatic heterocycles. The van der Waals surface area contributed by atoms with Crippen molar-refractivity contribution in [1.29, 1.82) is 0 Å². The van der Waals surface area contributed by atoms with Crippen LogP contribution in [0.5, 0.6) is 0 Å². The molecule has 2 N–H and O–H groups in total. The first-order chi connectivity index (χ1) is 23.8. The van der Waals surface area contributed by atoms with Gasteiger partial charge in [-0.2, -0.15) is 0 Å². The van der Waals surface area contributed by atoms with Gasteiger partial charge in [0.15, 0.2) is 11.6 Å². The smallest absolute Gasteiger partial charge is 0.793 e. The van der Waals surface area contributed by atoms with Crippen molar-refractivity contribution in [1.82, 2.24) is 10.2 Å². The van der Waals surface area contributed by atoms with Gasteiger partial charge in [-0.25, -0.2) is 19.4 Å². The molecule has 0 unspecified atom stereocenters. The average Bonchev–Trinajstić information content (AvgIpc) is 3.78. The summed E-state index contributed by atoms with van der Waals surface area (Å²) in [4.78, 5) is 59.3. The Bertz CT molecular complexity index is 952. The summed E-state index contributed by atoms with van der Waals surface area (Å²) in [5.41, 5.74) is 0. The zero-order valence-corrected chi connectivity index (χ0v) is 32.9. The van der Waals surface area contributed by atoms with Gasteiger partial charge in [-0.1, -0.05) is 0 Å². The number of Topliss-reactive ketones (excluding diaryl/α,β-unsaturated/α-hetero) is 1. The van der Waals surface area contributed by atoms with Crippen LogP contribution < -0.4 is 34.9 Å². The van der Waals surface area contributed by atoms with E-state index in [1.54, 1.807) is 0 Å². The molecular formula is C32H55BN2NaO15. The Labute approximate surface area is 324 Å². The minimum absolute atomic E-state index is 0. The first-order valence-corrected chi connectivity index (χ1v) is 16.9. The number of ketones is 1. The average molecular weight is 742 g/mol. The molecule has 0 amide bonds. The number of carboxylic acid groups (broad SMARTS) is 1. The van der Waals surface area contributed by atoms with Gasteiger partial charge in [-0.3, -0.25) is 19.3 Å². The molecule has 17 nitrogen and oxygen atoms in total. The number of morpholine rings is 2. The molecule has 6 rings (SSSR count). The van der Waals surface area contributed by atoms with Crippen LogP contribution in [0.1, 0.15) is 79.1 Å². The maximum Gasteiger partial charge on any atom is 1.00 e. The summed E-state index contributed by atoms with van der Waals surface area (Å²) in [5, 5.41) is 10.6. The molecule has 4 heterocycles. The SMILES string of the molecule is C1CN(C2CCC3(CC2)OCCO3)CCO1.C1COCCN1.CC(=O)O.CC(=O)OOC(C)=O.O=C1CCC2(CC1)OCCO2.[B-]OC(C)=O.[Na+]. The maximum atomic E-state index is 10.9. The van der Waals surface area contributed by atoms with E-state index in [9.17, 15) is 19.2 Å². The Hall–Kier alpha value is -1.71. The molecule has 0 aromatic rings. The number of nitrogens with zero attached hydrogens (tertiary/aromatic N) is 1. The summed E-state index contributed by atoms with van der Waals surface area (Å²) in [6.07, 6.45) is 7.31. The molecule has 2 aliphatic carbocycles. The van der Waals surface area contributed by atoms with Gasteiger partial charge in [-0.05, 0) is 12.8 Å². The van der Waals surface area contributed by atoms with Gasteiger partial charge < -0.3 is 51.5 Å². The molecule has 19 heteroatoms. The van der Waals surface area contributed by atoms with Crippen LogP contribution in [0.2, 0.25) is 0 Å². The van der Waals surface area contributed by atoms with E-state index in [1.165, 1.54) is 19.8 Å². The number of ether oxygens (including phenoxy) is 6. The zero-order chi connectivity index (χ0) is 37.3. The van der Waals surface area contributed by atoms with Crippen LogP contribution in [0.3, 0.4) is 0 Å². The van der Waals surface area contributed by atoms with Gasteiger partial charge in [0.05, 0.1) is 52.9 Å². The second-order valence-corrected chi connectivity index (χ2v) is 11.8. The van der Waals surface area contributed by atoms with E-state index in [1.807, 2.05) is 0 Å². The summed E-state index contributed by atoms with van der Waals surface area (Å²) in [7, 11) is 4.32. The topological polar surface area (TPSA) is 204 Å². The van der Waals surface area contributed by atoms with E-state index >= 15 is 0 Å². The van der Waals surface area contributed by atoms with E-state index in [-0.39, 0.29) is 41.1 Å². The molecule has 51 heavy (non-hydrogen) atoms. The minimum atomic E-state index is -0.833. The predicted molar refractivity (Wildman–Crippen MR) is 175 cm³/mol. The largest absolute Gasteiger partial charge is 1.00 e. The van der Waals surface area contributed by atoms with E-state index in [4.69, 9.17) is 38.3 Å². The third kappa shape index (κ3) is 24.3. The van der Waals surface area contributed by atoms with Gasteiger partial charge in [0.1, 0.15) is 5.78 Å². The van der Waals surface area contributed by atoms with Crippen LogP contribution >= 0.6 is 0 Å². The van der Waals surface area contributed by atoms with E-state index in [0.29, 0.717) is 31.8 Å². The van der Waals surface area contributed by atoms with Gasteiger partial charge in [0, 0.05) is 98.4 Å². The van der Waals surface area contributed by atoms with E-state index < -0.39 is 23.9 Å². The van der Waals surface area contributed by atoms with Crippen LogP contribution in [0.4, 0.5) is 0 Å². The van der Waals surface area contributed by atoms with Crippen molar-refractivity contribution in [3.63, 3.8) is 0 Å². The van der Waals surface area contributed by atoms with Gasteiger partial charge in [0.2, 0.25) is 5.97 Å². The molecule has 2 saturated carbocycles. The fourth-order valence-corrected chi connectivity index (χ4v) is 5.46. The Morgan fingerprint density at radius 2 is 1.08 bits per heavy atom. The second-order valence-electron chi connectivity index (χ2n) is 11.8. The fraction of sp³-hybridized carbons (Fsp3) is 0.844. The molecule has 4 saturated heterocycles. The van der Waals surface area contributed by atoms with Crippen LogP contribution in [-0.4, -0.2) is 144 Å². The molecule has 4 aliphatic heterocycles. The number of rotatable bonds is 1. The third-order valence-electron chi connectivity index (χ3n) is 7.76. The number of nitrogens with one attached hydrogen (secondary N) is 1. The molecule has 0 aromatic carbocycles. The molecule has 2 spiro atoms. The first-order valence-electron chi connectivity index (χ1n) is 16.9. The zero-order valence-electron chi connectivity index (χ0n) is 30.9. The Morgan fingerprint density at radius 1 is 0.706 bits per heavy atom. The van der Waals surface area contributed by atoms with E-state index in [2.05, 4.69) is 32.7 Å². The number of hydrogen-bond acceptors (Lipinski definition) is 16.